The van der Waals surface area contributed by atoms with Gasteiger partial charge in [0.25, 0.3) is 0 Å². The lowest BCUT2D eigenvalue weighted by Crippen LogP contribution is -2.17. The van der Waals surface area contributed by atoms with Gasteiger partial charge in [0.2, 0.25) is 0 Å². The molecule has 1 nitrogen and oxygen atoms in total. The molecule has 0 aromatic heterocycles. The van der Waals surface area contributed by atoms with Gasteiger partial charge in [-0.05, 0) is 36.0 Å². The molecule has 0 atom stereocenters. The van der Waals surface area contributed by atoms with Gasteiger partial charge < -0.3 is 4.74 Å². The maximum absolute atomic E-state index is 12.0. The average Bonchev–Trinajstić information content (AvgIpc) is 2.98. The molecule has 0 saturated heterocycles. The van der Waals surface area contributed by atoms with Crippen molar-refractivity contribution in [2.24, 2.45) is 0 Å². The van der Waals surface area contributed by atoms with Crippen LogP contribution in [0.1, 0.15) is 29.9 Å². The maximum atomic E-state index is 12.0. The highest BCUT2D eigenvalue weighted by Gasteiger charge is 2.32. The molecule has 1 aliphatic carbocycles. The zero-order valence-corrected chi connectivity index (χ0v) is 9.03. The fourth-order valence-electron chi connectivity index (χ4n) is 1.60. The Morgan fingerprint density at radius 2 is 2.06 bits per heavy atom. The molecule has 0 aliphatic heterocycles. The second kappa shape index (κ2) is 4.17. The number of hydrogen-bond donors (Lipinski definition) is 0. The zero-order valence-electron chi connectivity index (χ0n) is 8.27. The Hall–Kier alpha value is -0.900. The molecule has 2 rings (SSSR count). The van der Waals surface area contributed by atoms with E-state index in [1.165, 1.54) is 6.07 Å². The Morgan fingerprint density at radius 1 is 1.38 bits per heavy atom. The number of benzene rings is 1. The molecule has 1 radical (unpaired) electrons. The topological polar surface area (TPSA) is 9.23 Å². The summed E-state index contributed by atoms with van der Waals surface area (Å²) in [7, 11) is 0. The maximum Gasteiger partial charge on any atom is 0.573 e. The Labute approximate surface area is 96.2 Å². The first-order chi connectivity index (χ1) is 7.49. The van der Waals surface area contributed by atoms with Gasteiger partial charge in [-0.15, -0.1) is 24.8 Å². The van der Waals surface area contributed by atoms with Crippen LogP contribution in [0.15, 0.2) is 12.1 Å². The highest BCUT2D eigenvalue weighted by Crippen LogP contribution is 2.42. The van der Waals surface area contributed by atoms with Crippen LogP contribution in [-0.4, -0.2) is 6.36 Å². The van der Waals surface area contributed by atoms with E-state index in [1.807, 2.05) is 0 Å². The van der Waals surface area contributed by atoms with Crippen molar-refractivity contribution in [3.8, 4) is 5.75 Å². The van der Waals surface area contributed by atoms with Crippen LogP contribution in [0.3, 0.4) is 0 Å². The average molecular weight is 250 g/mol. The molecule has 5 heteroatoms. The largest absolute Gasteiger partial charge is 0.573 e. The van der Waals surface area contributed by atoms with E-state index in [0.717, 1.165) is 18.4 Å². The molecule has 1 saturated carbocycles. The molecular formula is C11H9ClF3O. The van der Waals surface area contributed by atoms with E-state index in [0.29, 0.717) is 11.5 Å². The van der Waals surface area contributed by atoms with Crippen molar-refractivity contribution in [1.82, 2.24) is 0 Å². The van der Waals surface area contributed by atoms with Gasteiger partial charge in [-0.25, -0.2) is 0 Å². The van der Waals surface area contributed by atoms with Gasteiger partial charge in [0.15, 0.2) is 0 Å². The van der Waals surface area contributed by atoms with Gasteiger partial charge in [-0.2, -0.15) is 0 Å². The third-order valence-electron chi connectivity index (χ3n) is 2.41. The Morgan fingerprint density at radius 3 is 2.56 bits per heavy atom. The number of ether oxygens (including phenoxy) is 1. The quantitative estimate of drug-likeness (QED) is 0.736. The lowest BCUT2D eigenvalue weighted by molar-refractivity contribution is -0.274. The van der Waals surface area contributed by atoms with Crippen LogP contribution in [0.2, 0.25) is 0 Å². The summed E-state index contributed by atoms with van der Waals surface area (Å²) in [5.41, 5.74) is 1.59. The van der Waals surface area contributed by atoms with E-state index in [4.69, 9.17) is 11.6 Å². The van der Waals surface area contributed by atoms with Crippen molar-refractivity contribution in [1.29, 1.82) is 0 Å². The van der Waals surface area contributed by atoms with E-state index < -0.39 is 6.36 Å². The molecule has 1 aliphatic rings. The molecule has 1 aromatic carbocycles. The van der Waals surface area contributed by atoms with Crippen molar-refractivity contribution in [3.05, 3.63) is 29.3 Å². The molecule has 0 unspecified atom stereocenters. The Bertz CT molecular complexity index is 385. The van der Waals surface area contributed by atoms with E-state index in [9.17, 15) is 13.2 Å². The molecule has 0 heterocycles. The van der Waals surface area contributed by atoms with Gasteiger partial charge in [0.1, 0.15) is 5.75 Å². The highest BCUT2D eigenvalue weighted by atomic mass is 35.5. The number of halogens is 4. The third-order valence-corrected chi connectivity index (χ3v) is 2.68. The molecule has 0 bridgehead atoms. The molecule has 0 spiro atoms. The fraction of sp³-hybridized carbons (Fsp3) is 0.455. The second-order valence-corrected chi connectivity index (χ2v) is 3.98. The van der Waals surface area contributed by atoms with Gasteiger partial charge in [-0.1, -0.05) is 6.07 Å². The first-order valence-corrected chi connectivity index (χ1v) is 5.40. The second-order valence-electron chi connectivity index (χ2n) is 3.71. The molecule has 1 aromatic rings. The molecule has 16 heavy (non-hydrogen) atoms. The van der Waals surface area contributed by atoms with Crippen LogP contribution in [0.4, 0.5) is 13.2 Å². The summed E-state index contributed by atoms with van der Waals surface area (Å²) >= 11 is 5.68. The van der Waals surface area contributed by atoms with Crippen LogP contribution >= 0.6 is 11.6 Å². The minimum Gasteiger partial charge on any atom is -0.405 e. The predicted octanol–water partition coefficient (Wildman–Crippen LogP) is 4.00. The van der Waals surface area contributed by atoms with Crippen molar-refractivity contribution in [3.63, 3.8) is 0 Å². The van der Waals surface area contributed by atoms with Crippen LogP contribution in [0.5, 0.6) is 5.75 Å². The zero-order chi connectivity index (χ0) is 11.8. The Balaban J connectivity index is 2.22. The SMILES string of the molecule is FC(F)(F)Oc1[c]c(CCl)c(C2CC2)cc1. The minimum atomic E-state index is -4.68. The van der Waals surface area contributed by atoms with Crippen LogP contribution in [-0.2, 0) is 5.88 Å². The van der Waals surface area contributed by atoms with Gasteiger partial charge in [0.05, 0.1) is 0 Å². The van der Waals surface area contributed by atoms with E-state index in [2.05, 4.69) is 10.8 Å². The molecule has 1 fully saturated rings. The summed E-state index contributed by atoms with van der Waals surface area (Å²) in [4.78, 5) is 0. The molecular weight excluding hydrogens is 241 g/mol. The normalized spacial score (nSPS) is 16.2. The van der Waals surface area contributed by atoms with Crippen LogP contribution in [0.25, 0.3) is 0 Å². The first-order valence-electron chi connectivity index (χ1n) is 4.86. The van der Waals surface area contributed by atoms with Crippen molar-refractivity contribution < 1.29 is 17.9 Å². The summed E-state index contributed by atoms with van der Waals surface area (Å²) in [5.74, 6) is 0.262. The lowest BCUT2D eigenvalue weighted by Gasteiger charge is -2.11. The molecule has 87 valence electrons. The van der Waals surface area contributed by atoms with E-state index >= 15 is 0 Å². The van der Waals surface area contributed by atoms with E-state index in [-0.39, 0.29) is 11.6 Å². The van der Waals surface area contributed by atoms with Crippen LogP contribution in [0, 0.1) is 6.07 Å². The summed E-state index contributed by atoms with van der Waals surface area (Å²) in [6.07, 6.45) is -2.55. The number of rotatable bonds is 3. The Kier molecular flexibility index (Phi) is 3.02. The van der Waals surface area contributed by atoms with Gasteiger partial charge in [-0.3, -0.25) is 0 Å². The fourth-order valence-corrected chi connectivity index (χ4v) is 1.82. The minimum absolute atomic E-state index is 0.154. The predicted molar refractivity (Wildman–Crippen MR) is 53.5 cm³/mol. The van der Waals surface area contributed by atoms with E-state index in [1.54, 1.807) is 6.07 Å². The highest BCUT2D eigenvalue weighted by molar-refractivity contribution is 6.17. The third kappa shape index (κ3) is 2.82. The summed E-state index contributed by atoms with van der Waals surface area (Å²) in [6, 6.07) is 5.50. The lowest BCUT2D eigenvalue weighted by atomic mass is 10.0. The summed E-state index contributed by atoms with van der Waals surface area (Å²) in [5, 5.41) is 0. The van der Waals surface area contributed by atoms with Crippen molar-refractivity contribution >= 4 is 11.6 Å². The van der Waals surface area contributed by atoms with Crippen molar-refractivity contribution in [2.45, 2.75) is 31.0 Å². The van der Waals surface area contributed by atoms with Crippen LogP contribution < -0.4 is 4.74 Å². The summed E-state index contributed by atoms with van der Waals surface area (Å²) < 4.78 is 39.7. The van der Waals surface area contributed by atoms with Crippen molar-refractivity contribution in [2.75, 3.05) is 0 Å². The first kappa shape index (κ1) is 11.6. The smallest absolute Gasteiger partial charge is 0.405 e. The molecule has 0 N–H and O–H groups in total. The van der Waals surface area contributed by atoms with Gasteiger partial charge in [0, 0.05) is 11.9 Å². The standard InChI is InChI=1S/C11H9ClF3O/c12-6-8-5-9(16-11(13,14)15)3-4-10(8)7-1-2-7/h3-4,7H,1-2,6H2. The number of hydrogen-bond acceptors (Lipinski definition) is 1. The summed E-state index contributed by atoms with van der Waals surface area (Å²) in [6.45, 7) is 0. The molecule has 0 amide bonds. The number of alkyl halides is 4. The monoisotopic (exact) mass is 249 g/mol. The van der Waals surface area contributed by atoms with Gasteiger partial charge >= 0.3 is 6.36 Å².